The summed E-state index contributed by atoms with van der Waals surface area (Å²) >= 11 is 0. The van der Waals surface area contributed by atoms with Crippen LogP contribution < -0.4 is 10.6 Å². The van der Waals surface area contributed by atoms with Crippen LogP contribution in [0.25, 0.3) is 0 Å². The van der Waals surface area contributed by atoms with Gasteiger partial charge < -0.3 is 10.1 Å². The number of nitrogens with zero attached hydrogens (tertiary/aromatic N) is 1. The number of benzene rings is 1. The van der Waals surface area contributed by atoms with Crippen LogP contribution in [0, 0.1) is 11.7 Å². The SMILES string of the molecule is CC(OC(=O)C1CCN(S(=O)(=O)c2ccccc2F)CC1)C(=O)NC(=O)NC1CCCCC1. The number of hydrogen-bond donors (Lipinski definition) is 2. The van der Waals surface area contributed by atoms with Crippen molar-refractivity contribution in [3.05, 3.63) is 30.1 Å². The molecule has 1 aliphatic heterocycles. The second-order valence-electron chi connectivity index (χ2n) is 8.49. The third-order valence-corrected chi connectivity index (χ3v) is 8.01. The normalized spacial score (nSPS) is 19.5. The van der Waals surface area contributed by atoms with Gasteiger partial charge in [-0.15, -0.1) is 0 Å². The first-order valence-electron chi connectivity index (χ1n) is 11.2. The first-order valence-corrected chi connectivity index (χ1v) is 12.7. The number of urea groups is 1. The largest absolute Gasteiger partial charge is 0.452 e. The Morgan fingerprint density at radius 3 is 2.33 bits per heavy atom. The van der Waals surface area contributed by atoms with Crippen molar-refractivity contribution in [2.45, 2.75) is 68.9 Å². The lowest BCUT2D eigenvalue weighted by Crippen LogP contribution is -2.48. The number of piperidine rings is 1. The Balaban J connectivity index is 1.46. The maximum atomic E-state index is 13.9. The van der Waals surface area contributed by atoms with Crippen LogP contribution in [-0.4, -0.2) is 55.9 Å². The molecule has 2 fully saturated rings. The van der Waals surface area contributed by atoms with Crippen LogP contribution in [0.1, 0.15) is 51.9 Å². The van der Waals surface area contributed by atoms with Crippen LogP contribution in [0.4, 0.5) is 9.18 Å². The number of sulfonamides is 1. The summed E-state index contributed by atoms with van der Waals surface area (Å²) < 4.78 is 45.6. The van der Waals surface area contributed by atoms with E-state index in [9.17, 15) is 27.2 Å². The minimum absolute atomic E-state index is 0.0286. The molecule has 1 saturated carbocycles. The van der Waals surface area contributed by atoms with Crippen molar-refractivity contribution < 1.29 is 31.9 Å². The standard InChI is InChI=1S/C22H30FN3O6S/c1-15(20(27)25-22(29)24-17-7-3-2-4-8-17)32-21(28)16-11-13-26(14-12-16)33(30,31)19-10-6-5-9-18(19)23/h5-6,9-10,15-17H,2-4,7-8,11-14H2,1H3,(H2,24,25,27,29). The molecule has 1 aliphatic carbocycles. The van der Waals surface area contributed by atoms with E-state index in [0.29, 0.717) is 0 Å². The highest BCUT2D eigenvalue weighted by Crippen LogP contribution is 2.26. The fourth-order valence-corrected chi connectivity index (χ4v) is 5.67. The number of amides is 3. The lowest BCUT2D eigenvalue weighted by molar-refractivity contribution is -0.159. The average molecular weight is 484 g/mol. The summed E-state index contributed by atoms with van der Waals surface area (Å²) in [6.07, 6.45) is 4.15. The maximum absolute atomic E-state index is 13.9. The highest BCUT2D eigenvalue weighted by molar-refractivity contribution is 7.89. The summed E-state index contributed by atoms with van der Waals surface area (Å²) in [4.78, 5) is 36.3. The molecule has 0 radical (unpaired) electrons. The van der Waals surface area contributed by atoms with Crippen molar-refractivity contribution in [3.8, 4) is 0 Å². The Labute approximate surface area is 193 Å². The van der Waals surface area contributed by atoms with E-state index in [4.69, 9.17) is 4.74 Å². The van der Waals surface area contributed by atoms with E-state index in [1.165, 1.54) is 25.1 Å². The summed E-state index contributed by atoms with van der Waals surface area (Å²) in [5, 5.41) is 4.95. The molecule has 33 heavy (non-hydrogen) atoms. The van der Waals surface area contributed by atoms with Crippen LogP contribution in [0.5, 0.6) is 0 Å². The molecule has 1 unspecified atom stereocenters. The van der Waals surface area contributed by atoms with Gasteiger partial charge in [-0.05, 0) is 44.7 Å². The molecule has 1 aromatic rings. The highest BCUT2D eigenvalue weighted by atomic mass is 32.2. The van der Waals surface area contributed by atoms with E-state index < -0.39 is 50.7 Å². The molecule has 2 N–H and O–H groups in total. The van der Waals surface area contributed by atoms with Crippen molar-refractivity contribution in [1.29, 1.82) is 0 Å². The predicted octanol–water partition coefficient (Wildman–Crippen LogP) is 2.32. The van der Waals surface area contributed by atoms with Gasteiger partial charge >= 0.3 is 12.0 Å². The van der Waals surface area contributed by atoms with E-state index in [0.717, 1.165) is 42.5 Å². The van der Waals surface area contributed by atoms with Gasteiger partial charge in [-0.1, -0.05) is 31.4 Å². The van der Waals surface area contributed by atoms with Crippen molar-refractivity contribution >= 4 is 27.9 Å². The molecule has 182 valence electrons. The van der Waals surface area contributed by atoms with Crippen molar-refractivity contribution in [2.75, 3.05) is 13.1 Å². The number of rotatable bonds is 6. The van der Waals surface area contributed by atoms with Crippen molar-refractivity contribution in [3.63, 3.8) is 0 Å². The molecule has 1 heterocycles. The van der Waals surface area contributed by atoms with Crippen molar-refractivity contribution in [2.24, 2.45) is 5.92 Å². The minimum Gasteiger partial charge on any atom is -0.452 e. The number of imide groups is 1. The summed E-state index contributed by atoms with van der Waals surface area (Å²) in [7, 11) is -4.01. The number of carbonyl (C=O) groups is 3. The average Bonchev–Trinajstić information content (AvgIpc) is 2.79. The lowest BCUT2D eigenvalue weighted by Gasteiger charge is -2.30. The first kappa shape index (κ1) is 25.1. The van der Waals surface area contributed by atoms with E-state index in [1.54, 1.807) is 0 Å². The second-order valence-corrected chi connectivity index (χ2v) is 10.4. The van der Waals surface area contributed by atoms with Gasteiger partial charge in [0.2, 0.25) is 10.0 Å². The molecule has 11 heteroatoms. The number of hydrogen-bond acceptors (Lipinski definition) is 6. The monoisotopic (exact) mass is 483 g/mol. The number of ether oxygens (including phenoxy) is 1. The molecule has 0 bridgehead atoms. The van der Waals surface area contributed by atoms with Crippen LogP contribution in [0.3, 0.4) is 0 Å². The van der Waals surface area contributed by atoms with Gasteiger partial charge in [0.05, 0.1) is 5.92 Å². The first-order chi connectivity index (χ1) is 15.7. The molecule has 3 amide bonds. The summed E-state index contributed by atoms with van der Waals surface area (Å²) in [5.74, 6) is -2.78. The molecule has 9 nitrogen and oxygen atoms in total. The zero-order valence-corrected chi connectivity index (χ0v) is 19.4. The third-order valence-electron chi connectivity index (χ3n) is 6.08. The van der Waals surface area contributed by atoms with Crippen LogP contribution in [0.15, 0.2) is 29.2 Å². The van der Waals surface area contributed by atoms with E-state index >= 15 is 0 Å². The van der Waals surface area contributed by atoms with E-state index in [1.807, 2.05) is 0 Å². The quantitative estimate of drug-likeness (QED) is 0.599. The second kappa shape index (κ2) is 11.1. The zero-order valence-electron chi connectivity index (χ0n) is 18.6. The van der Waals surface area contributed by atoms with Gasteiger partial charge in [0, 0.05) is 19.1 Å². The predicted molar refractivity (Wildman–Crippen MR) is 117 cm³/mol. The van der Waals surface area contributed by atoms with Crippen LogP contribution >= 0.6 is 0 Å². The van der Waals surface area contributed by atoms with E-state index in [2.05, 4.69) is 10.6 Å². The summed E-state index contributed by atoms with van der Waals surface area (Å²) in [6.45, 7) is 1.43. The number of nitrogens with one attached hydrogen (secondary N) is 2. The molecule has 0 aromatic heterocycles. The molecule has 3 rings (SSSR count). The zero-order chi connectivity index (χ0) is 24.0. The Hall–Kier alpha value is -2.53. The third kappa shape index (κ3) is 6.50. The minimum atomic E-state index is -4.01. The van der Waals surface area contributed by atoms with Crippen LogP contribution in [-0.2, 0) is 24.3 Å². The van der Waals surface area contributed by atoms with Gasteiger partial charge in [0.1, 0.15) is 10.7 Å². The van der Waals surface area contributed by atoms with Gasteiger partial charge in [0.15, 0.2) is 6.10 Å². The Morgan fingerprint density at radius 1 is 1.06 bits per heavy atom. The lowest BCUT2D eigenvalue weighted by atomic mass is 9.96. The van der Waals surface area contributed by atoms with Gasteiger partial charge in [-0.25, -0.2) is 17.6 Å². The Kier molecular flexibility index (Phi) is 8.41. The van der Waals surface area contributed by atoms with Gasteiger partial charge in [-0.2, -0.15) is 4.31 Å². The number of esters is 1. The Bertz CT molecular complexity index is 972. The molecule has 1 saturated heterocycles. The number of carbonyl (C=O) groups excluding carboxylic acids is 3. The summed E-state index contributed by atoms with van der Waals surface area (Å²) in [6, 6.07) is 4.57. The van der Waals surface area contributed by atoms with Gasteiger partial charge in [0.25, 0.3) is 5.91 Å². The molecule has 0 spiro atoms. The molecule has 2 aliphatic rings. The summed E-state index contributed by atoms with van der Waals surface area (Å²) in [5.41, 5.74) is 0. The van der Waals surface area contributed by atoms with Crippen LogP contribution in [0.2, 0.25) is 0 Å². The molecular formula is C22H30FN3O6S. The fraction of sp³-hybridized carbons (Fsp3) is 0.591. The number of halogens is 1. The topological polar surface area (TPSA) is 122 Å². The van der Waals surface area contributed by atoms with Gasteiger partial charge in [-0.3, -0.25) is 14.9 Å². The fourth-order valence-electron chi connectivity index (χ4n) is 4.13. The van der Waals surface area contributed by atoms with E-state index in [-0.39, 0.29) is 32.0 Å². The molecular weight excluding hydrogens is 453 g/mol. The molecule has 1 atom stereocenters. The molecule has 1 aromatic carbocycles. The maximum Gasteiger partial charge on any atom is 0.321 e. The van der Waals surface area contributed by atoms with Crippen molar-refractivity contribution in [1.82, 2.24) is 14.9 Å². The highest BCUT2D eigenvalue weighted by Gasteiger charge is 2.35. The Morgan fingerprint density at radius 2 is 1.70 bits per heavy atom. The smallest absolute Gasteiger partial charge is 0.321 e.